The van der Waals surface area contributed by atoms with Crippen LogP contribution in [-0.2, 0) is 12.8 Å². The summed E-state index contributed by atoms with van der Waals surface area (Å²) in [5, 5.41) is 4.44. The molecule has 0 saturated carbocycles. The second-order valence-electron chi connectivity index (χ2n) is 5.59. The minimum absolute atomic E-state index is 0.00315. The van der Waals surface area contributed by atoms with E-state index in [4.69, 9.17) is 4.74 Å². The summed E-state index contributed by atoms with van der Waals surface area (Å²) in [7, 11) is 1.63. The summed E-state index contributed by atoms with van der Waals surface area (Å²) in [6.07, 6.45) is 3.58. The summed E-state index contributed by atoms with van der Waals surface area (Å²) in [6.45, 7) is 6.13. The third-order valence-electron chi connectivity index (χ3n) is 3.95. The molecule has 1 aromatic heterocycles. The number of hydrogen-bond donors (Lipinski definition) is 0. The lowest BCUT2D eigenvalue weighted by Crippen LogP contribution is -2.17. The van der Waals surface area contributed by atoms with E-state index in [1.165, 1.54) is 5.56 Å². The Balaban J connectivity index is 2.19. The molecule has 0 saturated heterocycles. The van der Waals surface area contributed by atoms with E-state index in [0.717, 1.165) is 42.0 Å². The van der Waals surface area contributed by atoms with Crippen LogP contribution in [0.1, 0.15) is 47.1 Å². The van der Waals surface area contributed by atoms with E-state index in [1.807, 2.05) is 38.1 Å². The Morgan fingerprint density at radius 1 is 1.32 bits per heavy atom. The van der Waals surface area contributed by atoms with Crippen molar-refractivity contribution in [2.75, 3.05) is 7.11 Å². The number of benzene rings is 1. The fourth-order valence-corrected chi connectivity index (χ4v) is 2.67. The lowest BCUT2D eigenvalue weighted by atomic mass is 10.1. The van der Waals surface area contributed by atoms with Gasteiger partial charge in [-0.15, -0.1) is 0 Å². The van der Waals surface area contributed by atoms with E-state index in [0.29, 0.717) is 6.42 Å². The highest BCUT2D eigenvalue weighted by atomic mass is 16.5. The number of nitrogens with zero attached hydrogens (tertiary/aromatic N) is 2. The molecular formula is C18H24N2O2. The van der Waals surface area contributed by atoms with Gasteiger partial charge in [-0.3, -0.25) is 4.79 Å². The number of aryl methyl sites for hydroxylation is 1. The predicted molar refractivity (Wildman–Crippen MR) is 87.6 cm³/mol. The first-order valence-corrected chi connectivity index (χ1v) is 7.78. The minimum atomic E-state index is -0.00315. The number of hydrogen-bond acceptors (Lipinski definition) is 3. The summed E-state index contributed by atoms with van der Waals surface area (Å²) >= 11 is 0. The number of ether oxygens (including phenoxy) is 1. The fraction of sp³-hybridized carbons (Fsp3) is 0.444. The van der Waals surface area contributed by atoms with Crippen LogP contribution in [0.25, 0.3) is 0 Å². The van der Waals surface area contributed by atoms with Crippen LogP contribution in [0.2, 0.25) is 0 Å². The summed E-state index contributed by atoms with van der Waals surface area (Å²) in [4.78, 5) is 12.5. The minimum Gasteiger partial charge on any atom is -0.497 e. The fourth-order valence-electron chi connectivity index (χ4n) is 2.67. The van der Waals surface area contributed by atoms with Gasteiger partial charge in [0.15, 0.2) is 0 Å². The molecular weight excluding hydrogens is 276 g/mol. The third kappa shape index (κ3) is 3.56. The Morgan fingerprint density at radius 2 is 2.09 bits per heavy atom. The Kier molecular flexibility index (Phi) is 5.36. The number of unbranched alkanes of at least 4 members (excludes halogenated alkanes) is 1. The molecule has 2 aromatic rings. The van der Waals surface area contributed by atoms with Gasteiger partial charge in [-0.1, -0.05) is 25.5 Å². The zero-order chi connectivity index (χ0) is 16.1. The van der Waals surface area contributed by atoms with Crippen LogP contribution in [0.15, 0.2) is 24.3 Å². The third-order valence-corrected chi connectivity index (χ3v) is 3.95. The van der Waals surface area contributed by atoms with E-state index in [-0.39, 0.29) is 5.91 Å². The molecule has 0 atom stereocenters. The van der Waals surface area contributed by atoms with Crippen LogP contribution < -0.4 is 4.74 Å². The monoisotopic (exact) mass is 300 g/mol. The topological polar surface area (TPSA) is 44.1 Å². The average molecular weight is 300 g/mol. The maximum Gasteiger partial charge on any atom is 0.251 e. The molecule has 1 aromatic carbocycles. The quantitative estimate of drug-likeness (QED) is 0.816. The Labute approximate surface area is 132 Å². The molecule has 4 heteroatoms. The van der Waals surface area contributed by atoms with Crippen molar-refractivity contribution in [3.05, 3.63) is 46.8 Å². The predicted octanol–water partition coefficient (Wildman–Crippen LogP) is 3.73. The second-order valence-corrected chi connectivity index (χ2v) is 5.59. The van der Waals surface area contributed by atoms with Gasteiger partial charge in [-0.25, -0.2) is 4.68 Å². The highest BCUT2D eigenvalue weighted by Gasteiger charge is 2.16. The Morgan fingerprint density at radius 3 is 2.77 bits per heavy atom. The van der Waals surface area contributed by atoms with Gasteiger partial charge < -0.3 is 4.74 Å². The molecule has 0 amide bonds. The maximum atomic E-state index is 12.5. The summed E-state index contributed by atoms with van der Waals surface area (Å²) in [5.41, 5.74) is 4.08. The zero-order valence-electron chi connectivity index (χ0n) is 13.8. The van der Waals surface area contributed by atoms with E-state index in [1.54, 1.807) is 11.8 Å². The molecule has 0 radical (unpaired) electrons. The standard InChI is InChI=1S/C18H24N2O2/c1-5-6-10-17-13(2)19-20(14(17)3)18(21)12-15-8-7-9-16(11-15)22-4/h7-9,11H,5-6,10,12H2,1-4H3. The number of aromatic nitrogens is 2. The van der Waals surface area contributed by atoms with Crippen molar-refractivity contribution in [3.8, 4) is 5.75 Å². The van der Waals surface area contributed by atoms with E-state index >= 15 is 0 Å². The van der Waals surface area contributed by atoms with Crippen LogP contribution >= 0.6 is 0 Å². The van der Waals surface area contributed by atoms with Crippen LogP contribution in [0, 0.1) is 13.8 Å². The highest BCUT2D eigenvalue weighted by molar-refractivity contribution is 5.81. The average Bonchev–Trinajstić information content (AvgIpc) is 2.80. The van der Waals surface area contributed by atoms with Crippen LogP contribution in [0.4, 0.5) is 0 Å². The number of carbonyl (C=O) groups excluding carboxylic acids is 1. The van der Waals surface area contributed by atoms with E-state index in [9.17, 15) is 4.79 Å². The Bertz CT molecular complexity index is 659. The normalized spacial score (nSPS) is 10.7. The van der Waals surface area contributed by atoms with Gasteiger partial charge in [0.1, 0.15) is 5.75 Å². The van der Waals surface area contributed by atoms with Crippen molar-refractivity contribution in [2.24, 2.45) is 0 Å². The maximum absolute atomic E-state index is 12.5. The first kappa shape index (κ1) is 16.3. The van der Waals surface area contributed by atoms with Gasteiger partial charge in [0.25, 0.3) is 5.91 Å². The SMILES string of the molecule is CCCCc1c(C)nn(C(=O)Cc2cccc(OC)c2)c1C. The largest absolute Gasteiger partial charge is 0.497 e. The van der Waals surface area contributed by atoms with Gasteiger partial charge >= 0.3 is 0 Å². The van der Waals surface area contributed by atoms with Gasteiger partial charge in [-0.05, 0) is 49.9 Å². The van der Waals surface area contributed by atoms with Crippen LogP contribution in [0.3, 0.4) is 0 Å². The lowest BCUT2D eigenvalue weighted by molar-refractivity contribution is 0.0895. The van der Waals surface area contributed by atoms with Crippen molar-refractivity contribution in [3.63, 3.8) is 0 Å². The molecule has 0 aliphatic heterocycles. The van der Waals surface area contributed by atoms with Gasteiger partial charge in [-0.2, -0.15) is 5.10 Å². The number of rotatable bonds is 6. The first-order valence-electron chi connectivity index (χ1n) is 7.78. The van der Waals surface area contributed by atoms with Crippen LogP contribution in [0.5, 0.6) is 5.75 Å². The Hall–Kier alpha value is -2.10. The molecule has 118 valence electrons. The molecule has 4 nitrogen and oxygen atoms in total. The van der Waals surface area contributed by atoms with Gasteiger partial charge in [0.05, 0.1) is 19.2 Å². The van der Waals surface area contributed by atoms with Crippen molar-refractivity contribution < 1.29 is 9.53 Å². The molecule has 0 N–H and O–H groups in total. The van der Waals surface area contributed by atoms with E-state index < -0.39 is 0 Å². The molecule has 0 unspecified atom stereocenters. The molecule has 2 rings (SSSR count). The molecule has 22 heavy (non-hydrogen) atoms. The molecule has 0 spiro atoms. The molecule has 0 bridgehead atoms. The summed E-state index contributed by atoms with van der Waals surface area (Å²) in [6, 6.07) is 7.60. The lowest BCUT2D eigenvalue weighted by Gasteiger charge is -2.06. The smallest absolute Gasteiger partial charge is 0.251 e. The molecule has 0 fully saturated rings. The molecule has 0 aliphatic rings. The first-order chi connectivity index (χ1) is 10.6. The second kappa shape index (κ2) is 7.25. The number of carbonyl (C=O) groups is 1. The summed E-state index contributed by atoms with van der Waals surface area (Å²) in [5.74, 6) is 0.763. The van der Waals surface area contributed by atoms with Crippen LogP contribution in [-0.4, -0.2) is 22.8 Å². The summed E-state index contributed by atoms with van der Waals surface area (Å²) < 4.78 is 6.76. The van der Waals surface area contributed by atoms with Gasteiger partial charge in [0, 0.05) is 5.69 Å². The van der Waals surface area contributed by atoms with Crippen molar-refractivity contribution in [2.45, 2.75) is 46.5 Å². The van der Waals surface area contributed by atoms with Crippen molar-refractivity contribution in [1.29, 1.82) is 0 Å². The zero-order valence-corrected chi connectivity index (χ0v) is 13.8. The number of methoxy groups -OCH3 is 1. The van der Waals surface area contributed by atoms with Crippen molar-refractivity contribution in [1.82, 2.24) is 9.78 Å². The highest BCUT2D eigenvalue weighted by Crippen LogP contribution is 2.18. The molecule has 1 heterocycles. The molecule has 0 aliphatic carbocycles. The van der Waals surface area contributed by atoms with E-state index in [2.05, 4.69) is 12.0 Å². The van der Waals surface area contributed by atoms with Crippen molar-refractivity contribution >= 4 is 5.91 Å². The van der Waals surface area contributed by atoms with Gasteiger partial charge in [0.2, 0.25) is 0 Å².